The van der Waals surface area contributed by atoms with E-state index in [1.165, 1.54) is 0 Å². The normalized spacial score (nSPS) is 12.5. The standard InChI is InChI=1S/C10H10ClFO4S/c1-10(2,9(13)14)17(15,16)8-4-6(11)3-7(12)5-8/h3-5H,1-2H3,(H,13,14). The van der Waals surface area contributed by atoms with Gasteiger partial charge in [-0.15, -0.1) is 0 Å². The number of rotatable bonds is 3. The second kappa shape index (κ2) is 4.27. The lowest BCUT2D eigenvalue weighted by atomic mass is 10.2. The first-order valence-corrected chi connectivity index (χ1v) is 6.39. The number of carbonyl (C=O) groups is 1. The molecule has 94 valence electrons. The molecular weight excluding hydrogens is 271 g/mol. The molecule has 0 atom stereocenters. The highest BCUT2D eigenvalue weighted by Crippen LogP contribution is 2.28. The van der Waals surface area contributed by atoms with E-state index in [-0.39, 0.29) is 5.02 Å². The van der Waals surface area contributed by atoms with E-state index in [0.29, 0.717) is 0 Å². The van der Waals surface area contributed by atoms with Crippen molar-refractivity contribution in [2.45, 2.75) is 23.5 Å². The molecule has 1 aromatic carbocycles. The molecular formula is C10H10ClFO4S. The molecule has 0 saturated heterocycles. The molecule has 0 unspecified atom stereocenters. The summed E-state index contributed by atoms with van der Waals surface area (Å²) in [4.78, 5) is 10.5. The van der Waals surface area contributed by atoms with Crippen molar-refractivity contribution in [2.75, 3.05) is 0 Å². The molecule has 0 aliphatic rings. The van der Waals surface area contributed by atoms with Gasteiger partial charge in [-0.05, 0) is 32.0 Å². The maximum atomic E-state index is 13.1. The van der Waals surface area contributed by atoms with E-state index in [0.717, 1.165) is 32.0 Å². The van der Waals surface area contributed by atoms with Crippen molar-refractivity contribution in [1.82, 2.24) is 0 Å². The lowest BCUT2D eigenvalue weighted by Crippen LogP contribution is -2.40. The zero-order valence-electron chi connectivity index (χ0n) is 9.07. The molecule has 0 aliphatic carbocycles. The second-order valence-electron chi connectivity index (χ2n) is 3.92. The Kier molecular flexibility index (Phi) is 3.50. The fourth-order valence-electron chi connectivity index (χ4n) is 1.09. The molecule has 17 heavy (non-hydrogen) atoms. The first-order valence-electron chi connectivity index (χ1n) is 4.53. The molecule has 4 nitrogen and oxygen atoms in total. The molecule has 0 fully saturated rings. The van der Waals surface area contributed by atoms with Crippen molar-refractivity contribution in [3.8, 4) is 0 Å². The van der Waals surface area contributed by atoms with Crippen LogP contribution in [0.1, 0.15) is 13.8 Å². The van der Waals surface area contributed by atoms with Crippen molar-refractivity contribution in [3.63, 3.8) is 0 Å². The van der Waals surface area contributed by atoms with Crippen LogP contribution in [0.15, 0.2) is 23.1 Å². The van der Waals surface area contributed by atoms with Gasteiger partial charge in [0.05, 0.1) is 4.90 Å². The van der Waals surface area contributed by atoms with Gasteiger partial charge in [-0.25, -0.2) is 12.8 Å². The Morgan fingerprint density at radius 1 is 1.35 bits per heavy atom. The first kappa shape index (κ1) is 13.9. The Balaban J connectivity index is 3.47. The number of carboxylic acid groups (broad SMARTS) is 1. The molecule has 1 N–H and O–H groups in total. The molecule has 0 aliphatic heterocycles. The summed E-state index contributed by atoms with van der Waals surface area (Å²) in [6.07, 6.45) is 0. The average Bonchev–Trinajstić information content (AvgIpc) is 2.15. The molecule has 0 amide bonds. The maximum absolute atomic E-state index is 13.1. The number of sulfone groups is 1. The van der Waals surface area contributed by atoms with Gasteiger partial charge >= 0.3 is 5.97 Å². The number of aliphatic carboxylic acids is 1. The van der Waals surface area contributed by atoms with E-state index >= 15 is 0 Å². The van der Waals surface area contributed by atoms with Gasteiger partial charge < -0.3 is 5.11 Å². The third-order valence-corrected chi connectivity index (χ3v) is 4.93. The minimum atomic E-state index is -4.21. The smallest absolute Gasteiger partial charge is 0.324 e. The van der Waals surface area contributed by atoms with Crippen molar-refractivity contribution in [2.24, 2.45) is 0 Å². The number of carboxylic acids is 1. The van der Waals surface area contributed by atoms with E-state index in [9.17, 15) is 17.6 Å². The van der Waals surface area contributed by atoms with E-state index < -0.39 is 31.3 Å². The van der Waals surface area contributed by atoms with Gasteiger partial charge in [0.1, 0.15) is 5.82 Å². The number of hydrogen-bond donors (Lipinski definition) is 1. The summed E-state index contributed by atoms with van der Waals surface area (Å²) in [5.74, 6) is -2.35. The Morgan fingerprint density at radius 3 is 2.29 bits per heavy atom. The fraction of sp³-hybridized carbons (Fsp3) is 0.300. The summed E-state index contributed by atoms with van der Waals surface area (Å²) in [6, 6.07) is 2.70. The molecule has 0 bridgehead atoms. The van der Waals surface area contributed by atoms with Crippen LogP contribution in [0, 0.1) is 5.82 Å². The predicted octanol–water partition coefficient (Wildman–Crippen LogP) is 2.12. The third-order valence-electron chi connectivity index (χ3n) is 2.33. The highest BCUT2D eigenvalue weighted by Gasteiger charge is 2.43. The zero-order chi connectivity index (χ0) is 13.4. The minimum Gasteiger partial charge on any atom is -0.480 e. The number of hydrogen-bond acceptors (Lipinski definition) is 3. The Hall–Kier alpha value is -1.14. The largest absolute Gasteiger partial charge is 0.480 e. The molecule has 7 heteroatoms. The quantitative estimate of drug-likeness (QED) is 0.920. The van der Waals surface area contributed by atoms with Crippen molar-refractivity contribution >= 4 is 27.4 Å². The van der Waals surface area contributed by atoms with Crippen LogP contribution in [-0.4, -0.2) is 24.2 Å². The molecule has 1 rings (SSSR count). The topological polar surface area (TPSA) is 71.4 Å². The molecule has 0 spiro atoms. The van der Waals surface area contributed by atoms with Gasteiger partial charge in [-0.2, -0.15) is 0 Å². The third kappa shape index (κ3) is 2.42. The van der Waals surface area contributed by atoms with E-state index in [1.807, 2.05) is 0 Å². The summed E-state index contributed by atoms with van der Waals surface area (Å²) in [5.41, 5.74) is 0. The summed E-state index contributed by atoms with van der Waals surface area (Å²) < 4.78 is 35.0. The molecule has 0 radical (unpaired) electrons. The van der Waals surface area contributed by atoms with Crippen LogP contribution < -0.4 is 0 Å². The monoisotopic (exact) mass is 280 g/mol. The summed E-state index contributed by atoms with van der Waals surface area (Å²) in [6.45, 7) is 2.06. The van der Waals surface area contributed by atoms with Gasteiger partial charge in [0.2, 0.25) is 0 Å². The lowest BCUT2D eigenvalue weighted by molar-refractivity contribution is -0.139. The average molecular weight is 281 g/mol. The SMILES string of the molecule is CC(C)(C(=O)O)S(=O)(=O)c1cc(F)cc(Cl)c1. The second-order valence-corrected chi connectivity index (χ2v) is 6.86. The Bertz CT molecular complexity index is 545. The summed E-state index contributed by atoms with van der Waals surface area (Å²) in [5, 5.41) is 8.76. The van der Waals surface area contributed by atoms with Crippen LogP contribution in [0.25, 0.3) is 0 Å². The molecule has 0 saturated carbocycles. The van der Waals surface area contributed by atoms with Crippen molar-refractivity contribution in [1.29, 1.82) is 0 Å². The van der Waals surface area contributed by atoms with Gasteiger partial charge in [0.15, 0.2) is 14.6 Å². The molecule has 0 heterocycles. The lowest BCUT2D eigenvalue weighted by Gasteiger charge is -2.19. The van der Waals surface area contributed by atoms with Crippen molar-refractivity contribution < 1.29 is 22.7 Å². The van der Waals surface area contributed by atoms with Gasteiger partial charge in [-0.3, -0.25) is 4.79 Å². The Labute approximate surface area is 103 Å². The van der Waals surface area contributed by atoms with Crippen LogP contribution in [-0.2, 0) is 14.6 Å². The Morgan fingerprint density at radius 2 is 1.88 bits per heavy atom. The zero-order valence-corrected chi connectivity index (χ0v) is 10.6. The van der Waals surface area contributed by atoms with E-state index in [1.54, 1.807) is 0 Å². The fourth-order valence-corrected chi connectivity index (χ4v) is 2.75. The highest BCUT2D eigenvalue weighted by molar-refractivity contribution is 7.93. The molecule has 1 aromatic rings. The van der Waals surface area contributed by atoms with Gasteiger partial charge in [-0.1, -0.05) is 11.6 Å². The molecule has 0 aromatic heterocycles. The highest BCUT2D eigenvalue weighted by atomic mass is 35.5. The van der Waals surface area contributed by atoms with E-state index in [4.69, 9.17) is 16.7 Å². The van der Waals surface area contributed by atoms with Crippen molar-refractivity contribution in [3.05, 3.63) is 29.0 Å². The number of halogens is 2. The van der Waals surface area contributed by atoms with Crippen LogP contribution in [0.4, 0.5) is 4.39 Å². The summed E-state index contributed by atoms with van der Waals surface area (Å²) in [7, 11) is -4.21. The van der Waals surface area contributed by atoms with Gasteiger partial charge in [0, 0.05) is 5.02 Å². The van der Waals surface area contributed by atoms with Crippen LogP contribution in [0.5, 0.6) is 0 Å². The number of benzene rings is 1. The summed E-state index contributed by atoms with van der Waals surface area (Å²) >= 11 is 5.53. The van der Waals surface area contributed by atoms with Gasteiger partial charge in [0.25, 0.3) is 0 Å². The van der Waals surface area contributed by atoms with Crippen LogP contribution >= 0.6 is 11.6 Å². The predicted molar refractivity (Wildman–Crippen MR) is 60.3 cm³/mol. The maximum Gasteiger partial charge on any atom is 0.324 e. The van der Waals surface area contributed by atoms with E-state index in [2.05, 4.69) is 0 Å². The van der Waals surface area contributed by atoms with Crippen LogP contribution in [0.3, 0.4) is 0 Å². The minimum absolute atomic E-state index is 0.107. The van der Waals surface area contributed by atoms with Crippen LogP contribution in [0.2, 0.25) is 5.02 Å². The first-order chi connectivity index (χ1) is 7.59.